The van der Waals surface area contributed by atoms with Crippen LogP contribution in [0.4, 0.5) is 11.4 Å². The molecule has 6 nitrogen and oxygen atoms in total. The Labute approximate surface area is 130 Å². The summed E-state index contributed by atoms with van der Waals surface area (Å²) >= 11 is 0. The Kier molecular flexibility index (Phi) is 6.56. The van der Waals surface area contributed by atoms with Crippen molar-refractivity contribution in [3.63, 3.8) is 0 Å². The van der Waals surface area contributed by atoms with Crippen molar-refractivity contribution < 1.29 is 14.4 Å². The van der Waals surface area contributed by atoms with Gasteiger partial charge in [-0.25, -0.2) is 0 Å². The van der Waals surface area contributed by atoms with Gasteiger partial charge in [0.05, 0.1) is 0 Å². The van der Waals surface area contributed by atoms with E-state index in [-0.39, 0.29) is 30.2 Å². The maximum atomic E-state index is 11.8. The largest absolute Gasteiger partial charge is 0.354 e. The number of hydrogen-bond acceptors (Lipinski definition) is 3. The lowest BCUT2D eigenvalue weighted by Crippen LogP contribution is -2.36. The minimum atomic E-state index is -0.151. The highest BCUT2D eigenvalue weighted by Gasteiger charge is 2.14. The first-order chi connectivity index (χ1) is 10.3. The summed E-state index contributed by atoms with van der Waals surface area (Å²) in [7, 11) is 0. The van der Waals surface area contributed by atoms with Crippen LogP contribution in [-0.2, 0) is 14.4 Å². The Bertz CT molecular complexity index is 538. The molecule has 0 aliphatic heterocycles. The molecule has 1 aromatic rings. The van der Waals surface area contributed by atoms with Crippen LogP contribution in [-0.4, -0.2) is 30.3 Å². The average Bonchev–Trinajstić information content (AvgIpc) is 2.39. The fourth-order valence-corrected chi connectivity index (χ4v) is 2.00. The lowest BCUT2D eigenvalue weighted by Gasteiger charge is -2.21. The van der Waals surface area contributed by atoms with Crippen LogP contribution in [0, 0.1) is 0 Å². The maximum Gasteiger partial charge on any atom is 0.223 e. The first-order valence-corrected chi connectivity index (χ1v) is 7.24. The summed E-state index contributed by atoms with van der Waals surface area (Å²) in [6.45, 7) is 6.99. The van der Waals surface area contributed by atoms with Gasteiger partial charge in [0.2, 0.25) is 17.7 Å². The molecular weight excluding hydrogens is 282 g/mol. The third-order valence-electron chi connectivity index (χ3n) is 2.89. The standard InChI is InChI=1S/C16H23N3O3/c1-11(2)17-16(22)9-10-19(13(4)21)15-7-5-14(6-8-15)18-12(3)20/h5-8,11H,9-10H2,1-4H3,(H,17,22)(H,18,20). The fourth-order valence-electron chi connectivity index (χ4n) is 2.00. The zero-order chi connectivity index (χ0) is 16.7. The number of anilines is 2. The van der Waals surface area contributed by atoms with Gasteiger partial charge in [0.1, 0.15) is 0 Å². The second kappa shape index (κ2) is 8.17. The van der Waals surface area contributed by atoms with Crippen molar-refractivity contribution in [2.75, 3.05) is 16.8 Å². The Morgan fingerprint density at radius 3 is 2.14 bits per heavy atom. The lowest BCUT2D eigenvalue weighted by atomic mass is 10.2. The molecule has 0 aliphatic rings. The van der Waals surface area contributed by atoms with E-state index in [0.717, 1.165) is 0 Å². The third kappa shape index (κ3) is 5.95. The molecule has 0 heterocycles. The zero-order valence-corrected chi connectivity index (χ0v) is 13.5. The summed E-state index contributed by atoms with van der Waals surface area (Å²) in [6.07, 6.45) is 0.241. The van der Waals surface area contributed by atoms with Crippen LogP contribution in [0.2, 0.25) is 0 Å². The Balaban J connectivity index is 2.72. The van der Waals surface area contributed by atoms with E-state index in [1.54, 1.807) is 24.3 Å². The van der Waals surface area contributed by atoms with E-state index >= 15 is 0 Å². The van der Waals surface area contributed by atoms with E-state index in [1.165, 1.54) is 18.7 Å². The van der Waals surface area contributed by atoms with E-state index in [2.05, 4.69) is 10.6 Å². The van der Waals surface area contributed by atoms with Crippen LogP contribution < -0.4 is 15.5 Å². The summed E-state index contributed by atoms with van der Waals surface area (Å²) in [5.74, 6) is -0.373. The summed E-state index contributed by atoms with van der Waals surface area (Å²) in [4.78, 5) is 36.0. The molecule has 0 fully saturated rings. The SMILES string of the molecule is CC(=O)Nc1ccc(N(CCC(=O)NC(C)C)C(C)=O)cc1. The van der Waals surface area contributed by atoms with E-state index in [4.69, 9.17) is 0 Å². The van der Waals surface area contributed by atoms with E-state index in [0.29, 0.717) is 17.9 Å². The van der Waals surface area contributed by atoms with Crippen molar-refractivity contribution in [3.8, 4) is 0 Å². The molecule has 120 valence electrons. The van der Waals surface area contributed by atoms with Crippen LogP contribution in [0.3, 0.4) is 0 Å². The van der Waals surface area contributed by atoms with Crippen molar-refractivity contribution in [2.45, 2.75) is 40.2 Å². The van der Waals surface area contributed by atoms with Crippen LogP contribution >= 0.6 is 0 Å². The van der Waals surface area contributed by atoms with Crippen LogP contribution in [0.1, 0.15) is 34.1 Å². The van der Waals surface area contributed by atoms with Gasteiger partial charge in [-0.05, 0) is 38.1 Å². The predicted octanol–water partition coefficient (Wildman–Crippen LogP) is 1.91. The van der Waals surface area contributed by atoms with Gasteiger partial charge in [-0.2, -0.15) is 0 Å². The Morgan fingerprint density at radius 1 is 1.09 bits per heavy atom. The summed E-state index contributed by atoms with van der Waals surface area (Å²) in [5.41, 5.74) is 1.36. The molecular formula is C16H23N3O3. The Morgan fingerprint density at radius 2 is 1.68 bits per heavy atom. The number of nitrogens with zero attached hydrogens (tertiary/aromatic N) is 1. The minimum absolute atomic E-state index is 0.0789. The van der Waals surface area contributed by atoms with Gasteiger partial charge in [-0.15, -0.1) is 0 Å². The lowest BCUT2D eigenvalue weighted by molar-refractivity contribution is -0.121. The molecule has 3 amide bonds. The molecule has 0 aromatic heterocycles. The number of amides is 3. The highest BCUT2D eigenvalue weighted by Crippen LogP contribution is 2.18. The van der Waals surface area contributed by atoms with Crippen molar-refractivity contribution >= 4 is 29.1 Å². The highest BCUT2D eigenvalue weighted by molar-refractivity contribution is 5.93. The molecule has 0 saturated carbocycles. The zero-order valence-electron chi connectivity index (χ0n) is 13.5. The van der Waals surface area contributed by atoms with Gasteiger partial charge in [-0.1, -0.05) is 0 Å². The molecule has 22 heavy (non-hydrogen) atoms. The van der Waals surface area contributed by atoms with E-state index < -0.39 is 0 Å². The van der Waals surface area contributed by atoms with Gasteiger partial charge >= 0.3 is 0 Å². The molecule has 1 aromatic carbocycles. The fraction of sp³-hybridized carbons (Fsp3) is 0.438. The summed E-state index contributed by atoms with van der Waals surface area (Å²) < 4.78 is 0. The number of benzene rings is 1. The molecule has 0 spiro atoms. The first kappa shape index (κ1) is 17.7. The number of carbonyl (C=O) groups is 3. The minimum Gasteiger partial charge on any atom is -0.354 e. The number of hydrogen-bond donors (Lipinski definition) is 2. The normalized spacial score (nSPS) is 10.2. The average molecular weight is 305 g/mol. The van der Waals surface area contributed by atoms with E-state index in [9.17, 15) is 14.4 Å². The van der Waals surface area contributed by atoms with Gasteiger partial charge in [-0.3, -0.25) is 14.4 Å². The smallest absolute Gasteiger partial charge is 0.223 e. The molecule has 0 radical (unpaired) electrons. The van der Waals surface area contributed by atoms with Crippen molar-refractivity contribution in [3.05, 3.63) is 24.3 Å². The molecule has 6 heteroatoms. The number of rotatable bonds is 6. The van der Waals surface area contributed by atoms with E-state index in [1.807, 2.05) is 13.8 Å². The van der Waals surface area contributed by atoms with Crippen LogP contribution in [0.15, 0.2) is 24.3 Å². The molecule has 0 atom stereocenters. The topological polar surface area (TPSA) is 78.5 Å². The van der Waals surface area contributed by atoms with Gasteiger partial charge in [0.15, 0.2) is 0 Å². The molecule has 0 aliphatic carbocycles. The second-order valence-corrected chi connectivity index (χ2v) is 5.37. The predicted molar refractivity (Wildman–Crippen MR) is 86.7 cm³/mol. The van der Waals surface area contributed by atoms with Gasteiger partial charge in [0.25, 0.3) is 0 Å². The van der Waals surface area contributed by atoms with Gasteiger partial charge < -0.3 is 15.5 Å². The van der Waals surface area contributed by atoms with Crippen molar-refractivity contribution in [2.24, 2.45) is 0 Å². The molecule has 0 saturated heterocycles. The summed E-state index contributed by atoms with van der Waals surface area (Å²) in [5, 5.41) is 5.46. The van der Waals surface area contributed by atoms with Gasteiger partial charge in [0, 0.05) is 44.2 Å². The quantitative estimate of drug-likeness (QED) is 0.842. The second-order valence-electron chi connectivity index (χ2n) is 5.37. The Hall–Kier alpha value is -2.37. The summed E-state index contributed by atoms with van der Waals surface area (Å²) in [6, 6.07) is 7.01. The first-order valence-electron chi connectivity index (χ1n) is 7.24. The van der Waals surface area contributed by atoms with Crippen LogP contribution in [0.25, 0.3) is 0 Å². The van der Waals surface area contributed by atoms with Crippen molar-refractivity contribution in [1.82, 2.24) is 5.32 Å². The third-order valence-corrected chi connectivity index (χ3v) is 2.89. The molecule has 0 unspecified atom stereocenters. The molecule has 1 rings (SSSR count). The maximum absolute atomic E-state index is 11.8. The number of carbonyl (C=O) groups excluding carboxylic acids is 3. The van der Waals surface area contributed by atoms with Crippen LogP contribution in [0.5, 0.6) is 0 Å². The monoisotopic (exact) mass is 305 g/mol. The molecule has 0 bridgehead atoms. The van der Waals surface area contributed by atoms with Crippen molar-refractivity contribution in [1.29, 1.82) is 0 Å². The molecule has 2 N–H and O–H groups in total. The number of nitrogens with one attached hydrogen (secondary N) is 2. The highest BCUT2D eigenvalue weighted by atomic mass is 16.2.